The van der Waals surface area contributed by atoms with E-state index in [0.29, 0.717) is 11.4 Å². The molecule has 0 amide bonds. The number of benzene rings is 2. The molecule has 84 valence electrons. The van der Waals surface area contributed by atoms with Gasteiger partial charge in [-0.15, -0.1) is 0 Å². The number of hydrogen-bond acceptors (Lipinski definition) is 4. The van der Waals surface area contributed by atoms with E-state index in [9.17, 15) is 0 Å². The predicted octanol–water partition coefficient (Wildman–Crippen LogP) is 1.54. The van der Waals surface area contributed by atoms with Gasteiger partial charge in [0.05, 0.1) is 5.71 Å². The maximum Gasteiger partial charge on any atom is 0.0985 e. The van der Waals surface area contributed by atoms with Crippen molar-refractivity contribution in [3.63, 3.8) is 0 Å². The van der Waals surface area contributed by atoms with E-state index >= 15 is 0 Å². The summed E-state index contributed by atoms with van der Waals surface area (Å²) in [5, 5.41) is 3.86. The van der Waals surface area contributed by atoms with Crippen LogP contribution in [0.4, 0.5) is 11.4 Å². The summed E-state index contributed by atoms with van der Waals surface area (Å²) in [5.74, 6) is 5.47. The maximum atomic E-state index is 5.79. The van der Waals surface area contributed by atoms with Crippen molar-refractivity contribution in [1.82, 2.24) is 0 Å². The Labute approximate surface area is 98.7 Å². The van der Waals surface area contributed by atoms with Crippen LogP contribution in [0.1, 0.15) is 11.1 Å². The molecule has 0 saturated heterocycles. The average Bonchev–Trinajstić information content (AvgIpc) is 2.60. The molecule has 0 fully saturated rings. The lowest BCUT2D eigenvalue weighted by Crippen LogP contribution is -2.03. The summed E-state index contributed by atoms with van der Waals surface area (Å²) < 4.78 is 0. The Kier molecular flexibility index (Phi) is 1.86. The number of anilines is 2. The lowest BCUT2D eigenvalue weighted by atomic mass is 10.1. The number of rotatable bonds is 0. The van der Waals surface area contributed by atoms with Crippen LogP contribution in [0.15, 0.2) is 41.5 Å². The van der Waals surface area contributed by atoms with Crippen LogP contribution in [-0.4, -0.2) is 5.71 Å². The molecule has 1 aliphatic carbocycles. The highest BCUT2D eigenvalue weighted by Gasteiger charge is 2.24. The summed E-state index contributed by atoms with van der Waals surface area (Å²) in [7, 11) is 0. The largest absolute Gasteiger partial charge is 0.399 e. The number of hydrogen-bond donors (Lipinski definition) is 3. The molecular formula is C13H12N4. The van der Waals surface area contributed by atoms with Crippen molar-refractivity contribution in [2.75, 3.05) is 11.5 Å². The average molecular weight is 224 g/mol. The van der Waals surface area contributed by atoms with Crippen molar-refractivity contribution < 1.29 is 0 Å². The normalized spacial score (nSPS) is 12.1. The molecule has 17 heavy (non-hydrogen) atoms. The summed E-state index contributed by atoms with van der Waals surface area (Å²) in [6.45, 7) is 0. The molecule has 0 aromatic heterocycles. The van der Waals surface area contributed by atoms with Crippen LogP contribution in [-0.2, 0) is 0 Å². The highest BCUT2D eigenvalue weighted by Crippen LogP contribution is 2.38. The lowest BCUT2D eigenvalue weighted by molar-refractivity contribution is 1.25. The van der Waals surface area contributed by atoms with E-state index in [0.717, 1.165) is 28.0 Å². The van der Waals surface area contributed by atoms with Gasteiger partial charge in [0.25, 0.3) is 0 Å². The van der Waals surface area contributed by atoms with Gasteiger partial charge < -0.3 is 17.3 Å². The van der Waals surface area contributed by atoms with Gasteiger partial charge in [-0.2, -0.15) is 5.10 Å². The molecule has 0 spiro atoms. The quantitative estimate of drug-likeness (QED) is 0.307. The van der Waals surface area contributed by atoms with Crippen molar-refractivity contribution in [3.8, 4) is 11.1 Å². The molecule has 0 heterocycles. The fraction of sp³-hybridized carbons (Fsp3) is 0. The van der Waals surface area contributed by atoms with Gasteiger partial charge in [-0.05, 0) is 35.4 Å². The minimum absolute atomic E-state index is 0.700. The highest BCUT2D eigenvalue weighted by molar-refractivity contribution is 6.25. The minimum Gasteiger partial charge on any atom is -0.399 e. The lowest BCUT2D eigenvalue weighted by Gasteiger charge is -2.00. The first kappa shape index (κ1) is 9.72. The summed E-state index contributed by atoms with van der Waals surface area (Å²) in [5.41, 5.74) is 17.9. The molecular weight excluding hydrogens is 212 g/mol. The Balaban J connectivity index is 2.37. The van der Waals surface area contributed by atoms with Gasteiger partial charge >= 0.3 is 0 Å². The van der Waals surface area contributed by atoms with Crippen LogP contribution in [0.3, 0.4) is 0 Å². The first-order chi connectivity index (χ1) is 8.20. The molecule has 1 aliphatic rings. The Morgan fingerprint density at radius 2 is 1.18 bits per heavy atom. The monoisotopic (exact) mass is 224 g/mol. The zero-order valence-electron chi connectivity index (χ0n) is 9.14. The number of hydrazone groups is 1. The summed E-state index contributed by atoms with van der Waals surface area (Å²) >= 11 is 0. The summed E-state index contributed by atoms with van der Waals surface area (Å²) in [6.07, 6.45) is 0. The number of nitrogens with zero attached hydrogens (tertiary/aromatic N) is 1. The van der Waals surface area contributed by atoms with Crippen molar-refractivity contribution in [3.05, 3.63) is 47.5 Å². The molecule has 0 atom stereocenters. The van der Waals surface area contributed by atoms with Gasteiger partial charge in [-0.3, -0.25) is 0 Å². The van der Waals surface area contributed by atoms with E-state index in [1.165, 1.54) is 0 Å². The second-order valence-corrected chi connectivity index (χ2v) is 4.09. The van der Waals surface area contributed by atoms with Crippen LogP contribution in [0.5, 0.6) is 0 Å². The Hall–Kier alpha value is -2.49. The van der Waals surface area contributed by atoms with Crippen molar-refractivity contribution >= 4 is 17.1 Å². The molecule has 4 heteroatoms. The topological polar surface area (TPSA) is 90.4 Å². The van der Waals surface area contributed by atoms with Gasteiger partial charge in [-0.25, -0.2) is 0 Å². The third-order valence-corrected chi connectivity index (χ3v) is 3.02. The van der Waals surface area contributed by atoms with Gasteiger partial charge in [0.15, 0.2) is 0 Å². The third kappa shape index (κ3) is 1.27. The second-order valence-electron chi connectivity index (χ2n) is 4.09. The highest BCUT2D eigenvalue weighted by atomic mass is 15.1. The molecule has 0 saturated carbocycles. The molecule has 3 rings (SSSR count). The summed E-state index contributed by atoms with van der Waals surface area (Å²) in [4.78, 5) is 0. The fourth-order valence-electron chi connectivity index (χ4n) is 2.27. The van der Waals surface area contributed by atoms with Gasteiger partial charge in [-0.1, -0.05) is 12.1 Å². The van der Waals surface area contributed by atoms with Crippen LogP contribution in [0, 0.1) is 0 Å². The Morgan fingerprint density at radius 1 is 0.706 bits per heavy atom. The zero-order valence-corrected chi connectivity index (χ0v) is 9.14. The van der Waals surface area contributed by atoms with E-state index in [2.05, 4.69) is 5.10 Å². The van der Waals surface area contributed by atoms with E-state index in [-0.39, 0.29) is 0 Å². The van der Waals surface area contributed by atoms with Crippen LogP contribution >= 0.6 is 0 Å². The first-order valence-corrected chi connectivity index (χ1v) is 5.29. The fourth-order valence-corrected chi connectivity index (χ4v) is 2.27. The van der Waals surface area contributed by atoms with E-state index in [1.807, 2.05) is 36.4 Å². The van der Waals surface area contributed by atoms with Crippen molar-refractivity contribution in [2.45, 2.75) is 0 Å². The smallest absolute Gasteiger partial charge is 0.0985 e. The van der Waals surface area contributed by atoms with Crippen LogP contribution in [0.25, 0.3) is 11.1 Å². The molecule has 2 aromatic rings. The molecule has 0 radical (unpaired) electrons. The molecule has 0 aliphatic heterocycles. The van der Waals surface area contributed by atoms with Crippen molar-refractivity contribution in [1.29, 1.82) is 0 Å². The first-order valence-electron chi connectivity index (χ1n) is 5.29. The third-order valence-electron chi connectivity index (χ3n) is 3.02. The van der Waals surface area contributed by atoms with Gasteiger partial charge in [0.1, 0.15) is 0 Å². The number of nitrogens with two attached hydrogens (primary N) is 3. The summed E-state index contributed by atoms with van der Waals surface area (Å²) in [6, 6.07) is 11.5. The molecule has 0 unspecified atom stereocenters. The predicted molar refractivity (Wildman–Crippen MR) is 70.5 cm³/mol. The van der Waals surface area contributed by atoms with E-state index in [4.69, 9.17) is 17.3 Å². The Morgan fingerprint density at radius 3 is 1.59 bits per heavy atom. The standard InChI is InChI=1S/C13H12N4/c14-7-1-3-9-10-4-2-8(15)6-12(10)13(17-16)11(9)5-7/h1-6H,14-16H2. The van der Waals surface area contributed by atoms with E-state index < -0.39 is 0 Å². The van der Waals surface area contributed by atoms with Gasteiger partial charge in [0, 0.05) is 22.5 Å². The molecule has 4 nitrogen and oxygen atoms in total. The van der Waals surface area contributed by atoms with Crippen LogP contribution < -0.4 is 17.3 Å². The maximum absolute atomic E-state index is 5.79. The molecule has 2 aromatic carbocycles. The number of nitrogen functional groups attached to an aromatic ring is 2. The van der Waals surface area contributed by atoms with Gasteiger partial charge in [0.2, 0.25) is 0 Å². The molecule has 0 bridgehead atoms. The van der Waals surface area contributed by atoms with E-state index in [1.54, 1.807) is 0 Å². The number of fused-ring (bicyclic) bond motifs is 3. The van der Waals surface area contributed by atoms with Crippen molar-refractivity contribution in [2.24, 2.45) is 10.9 Å². The van der Waals surface area contributed by atoms with Crippen LogP contribution in [0.2, 0.25) is 0 Å². The second kappa shape index (κ2) is 3.25. The minimum atomic E-state index is 0.700. The SMILES string of the molecule is NN=C1c2cc(N)ccc2-c2ccc(N)cc21. The zero-order chi connectivity index (χ0) is 12.0. The molecule has 6 N–H and O–H groups in total. The Bertz CT molecular complexity index is 590.